The van der Waals surface area contributed by atoms with E-state index in [-0.39, 0.29) is 6.54 Å². The molecular formula is C10H12N2O3. The Morgan fingerprint density at radius 3 is 2.40 bits per heavy atom. The number of amides is 2. The molecule has 1 aromatic rings. The Kier molecular flexibility index (Phi) is 3.68. The van der Waals surface area contributed by atoms with Crippen molar-refractivity contribution in [3.8, 4) is 5.75 Å². The summed E-state index contributed by atoms with van der Waals surface area (Å²) < 4.78 is 4.97. The lowest BCUT2D eigenvalue weighted by Gasteiger charge is -2.04. The van der Waals surface area contributed by atoms with E-state index in [0.29, 0.717) is 0 Å². The van der Waals surface area contributed by atoms with Gasteiger partial charge in [0, 0.05) is 6.54 Å². The predicted molar refractivity (Wildman–Crippen MR) is 54.0 cm³/mol. The Hall–Kier alpha value is -2.04. The van der Waals surface area contributed by atoms with E-state index in [4.69, 9.17) is 10.5 Å². The summed E-state index contributed by atoms with van der Waals surface area (Å²) in [6.07, 6.45) is 0. The van der Waals surface area contributed by atoms with Crippen LogP contribution in [-0.4, -0.2) is 18.9 Å². The standard InChI is InChI=1S/C10H12N2O3/c1-15-8-4-2-7(3-5-8)6-12-10(14)9(11)13/h2-5H,6H2,1H3,(H2,11,13)(H,12,14). The van der Waals surface area contributed by atoms with Gasteiger partial charge < -0.3 is 15.8 Å². The maximum absolute atomic E-state index is 10.8. The summed E-state index contributed by atoms with van der Waals surface area (Å²) in [4.78, 5) is 21.2. The average Bonchev–Trinajstić information content (AvgIpc) is 2.26. The molecule has 0 aliphatic carbocycles. The van der Waals surface area contributed by atoms with Crippen molar-refractivity contribution >= 4 is 11.8 Å². The Bertz CT molecular complexity index is 359. The van der Waals surface area contributed by atoms with E-state index in [1.54, 1.807) is 31.4 Å². The van der Waals surface area contributed by atoms with Crippen molar-refractivity contribution < 1.29 is 14.3 Å². The van der Waals surface area contributed by atoms with Crippen molar-refractivity contribution in [2.75, 3.05) is 7.11 Å². The summed E-state index contributed by atoms with van der Waals surface area (Å²) in [5, 5.41) is 2.38. The van der Waals surface area contributed by atoms with E-state index < -0.39 is 11.8 Å². The van der Waals surface area contributed by atoms with Crippen LogP contribution in [0.15, 0.2) is 24.3 Å². The molecule has 5 heteroatoms. The van der Waals surface area contributed by atoms with Crippen LogP contribution < -0.4 is 15.8 Å². The van der Waals surface area contributed by atoms with Gasteiger partial charge in [0.25, 0.3) is 0 Å². The van der Waals surface area contributed by atoms with E-state index in [0.717, 1.165) is 11.3 Å². The van der Waals surface area contributed by atoms with Crippen LogP contribution in [0.2, 0.25) is 0 Å². The minimum atomic E-state index is -0.983. The van der Waals surface area contributed by atoms with Gasteiger partial charge in [0.1, 0.15) is 5.75 Å². The van der Waals surface area contributed by atoms with Gasteiger partial charge in [-0.25, -0.2) is 0 Å². The summed E-state index contributed by atoms with van der Waals surface area (Å²) in [7, 11) is 1.57. The second kappa shape index (κ2) is 4.99. The molecular weight excluding hydrogens is 196 g/mol. The molecule has 15 heavy (non-hydrogen) atoms. The molecule has 0 radical (unpaired) electrons. The second-order valence-electron chi connectivity index (χ2n) is 2.90. The highest BCUT2D eigenvalue weighted by Crippen LogP contribution is 2.10. The van der Waals surface area contributed by atoms with Gasteiger partial charge in [0.15, 0.2) is 0 Å². The van der Waals surface area contributed by atoms with Gasteiger partial charge in [-0.1, -0.05) is 12.1 Å². The Labute approximate surface area is 87.2 Å². The molecule has 0 aromatic heterocycles. The molecule has 1 aromatic carbocycles. The fourth-order valence-corrected chi connectivity index (χ4v) is 1.01. The van der Waals surface area contributed by atoms with E-state index in [9.17, 15) is 9.59 Å². The summed E-state index contributed by atoms with van der Waals surface area (Å²) in [5.41, 5.74) is 5.64. The molecule has 0 aliphatic heterocycles. The first-order valence-corrected chi connectivity index (χ1v) is 4.34. The monoisotopic (exact) mass is 208 g/mol. The molecule has 1 rings (SSSR count). The molecule has 0 atom stereocenters. The zero-order valence-corrected chi connectivity index (χ0v) is 8.32. The van der Waals surface area contributed by atoms with E-state index >= 15 is 0 Å². The van der Waals surface area contributed by atoms with Crippen LogP contribution in [0.5, 0.6) is 5.75 Å². The molecule has 5 nitrogen and oxygen atoms in total. The lowest BCUT2D eigenvalue weighted by atomic mass is 10.2. The van der Waals surface area contributed by atoms with E-state index in [2.05, 4.69) is 5.32 Å². The zero-order valence-electron chi connectivity index (χ0n) is 8.32. The third-order valence-corrected chi connectivity index (χ3v) is 1.84. The Morgan fingerprint density at radius 2 is 1.93 bits per heavy atom. The van der Waals surface area contributed by atoms with Gasteiger partial charge >= 0.3 is 11.8 Å². The molecule has 0 spiro atoms. The predicted octanol–water partition coefficient (Wildman–Crippen LogP) is -0.203. The second-order valence-corrected chi connectivity index (χ2v) is 2.90. The fourth-order valence-electron chi connectivity index (χ4n) is 1.01. The Balaban J connectivity index is 2.51. The number of nitrogens with one attached hydrogen (secondary N) is 1. The molecule has 3 N–H and O–H groups in total. The number of hydrogen-bond donors (Lipinski definition) is 2. The first kappa shape index (κ1) is 11.0. The lowest BCUT2D eigenvalue weighted by molar-refractivity contribution is -0.137. The highest BCUT2D eigenvalue weighted by molar-refractivity contribution is 6.34. The van der Waals surface area contributed by atoms with Crippen LogP contribution in [0.25, 0.3) is 0 Å². The number of hydrogen-bond acceptors (Lipinski definition) is 3. The molecule has 0 fully saturated rings. The number of carbonyl (C=O) groups excluding carboxylic acids is 2. The minimum Gasteiger partial charge on any atom is -0.497 e. The summed E-state index contributed by atoms with van der Waals surface area (Å²) in [6, 6.07) is 7.12. The van der Waals surface area contributed by atoms with Crippen molar-refractivity contribution in [2.24, 2.45) is 5.73 Å². The minimum absolute atomic E-state index is 0.270. The quantitative estimate of drug-likeness (QED) is 0.675. The van der Waals surface area contributed by atoms with Crippen molar-refractivity contribution in [3.05, 3.63) is 29.8 Å². The fraction of sp³-hybridized carbons (Fsp3) is 0.200. The van der Waals surface area contributed by atoms with Crippen molar-refractivity contribution in [3.63, 3.8) is 0 Å². The highest BCUT2D eigenvalue weighted by atomic mass is 16.5. The van der Waals surface area contributed by atoms with Crippen LogP contribution in [0.1, 0.15) is 5.56 Å². The first-order chi connectivity index (χ1) is 7.13. The molecule has 80 valence electrons. The molecule has 0 saturated heterocycles. The number of rotatable bonds is 3. The third kappa shape index (κ3) is 3.30. The molecule has 0 bridgehead atoms. The summed E-state index contributed by atoms with van der Waals surface area (Å²) >= 11 is 0. The van der Waals surface area contributed by atoms with Crippen LogP contribution in [-0.2, 0) is 16.1 Å². The number of primary amides is 1. The topological polar surface area (TPSA) is 81.4 Å². The molecule has 0 heterocycles. The van der Waals surface area contributed by atoms with Crippen LogP contribution >= 0.6 is 0 Å². The van der Waals surface area contributed by atoms with Gasteiger partial charge in [-0.05, 0) is 17.7 Å². The molecule has 0 aliphatic rings. The molecule has 0 unspecified atom stereocenters. The molecule has 0 saturated carbocycles. The van der Waals surface area contributed by atoms with Crippen LogP contribution in [0.4, 0.5) is 0 Å². The number of methoxy groups -OCH3 is 1. The number of nitrogens with two attached hydrogens (primary N) is 1. The SMILES string of the molecule is COc1ccc(CNC(=O)C(N)=O)cc1. The largest absolute Gasteiger partial charge is 0.497 e. The van der Waals surface area contributed by atoms with E-state index in [1.165, 1.54) is 0 Å². The third-order valence-electron chi connectivity index (χ3n) is 1.84. The summed E-state index contributed by atoms with van der Waals surface area (Å²) in [5.74, 6) is -1.03. The smallest absolute Gasteiger partial charge is 0.309 e. The van der Waals surface area contributed by atoms with E-state index in [1.807, 2.05) is 0 Å². The highest BCUT2D eigenvalue weighted by Gasteiger charge is 2.06. The van der Waals surface area contributed by atoms with Gasteiger partial charge in [0.2, 0.25) is 0 Å². The van der Waals surface area contributed by atoms with Crippen molar-refractivity contribution in [2.45, 2.75) is 6.54 Å². The van der Waals surface area contributed by atoms with Gasteiger partial charge in [0.05, 0.1) is 7.11 Å². The van der Waals surface area contributed by atoms with Crippen molar-refractivity contribution in [1.82, 2.24) is 5.32 Å². The van der Waals surface area contributed by atoms with Gasteiger partial charge in [-0.2, -0.15) is 0 Å². The average molecular weight is 208 g/mol. The number of benzene rings is 1. The summed E-state index contributed by atoms with van der Waals surface area (Å²) in [6.45, 7) is 0.270. The normalized spacial score (nSPS) is 9.40. The zero-order chi connectivity index (χ0) is 11.3. The maximum atomic E-state index is 10.8. The molecule has 2 amide bonds. The number of carbonyl (C=O) groups is 2. The van der Waals surface area contributed by atoms with Crippen LogP contribution in [0, 0.1) is 0 Å². The van der Waals surface area contributed by atoms with Crippen LogP contribution in [0.3, 0.4) is 0 Å². The lowest BCUT2D eigenvalue weighted by Crippen LogP contribution is -2.35. The van der Waals surface area contributed by atoms with Crippen molar-refractivity contribution in [1.29, 1.82) is 0 Å². The number of ether oxygens (including phenoxy) is 1. The maximum Gasteiger partial charge on any atom is 0.309 e. The van der Waals surface area contributed by atoms with Gasteiger partial charge in [-0.15, -0.1) is 0 Å². The first-order valence-electron chi connectivity index (χ1n) is 4.34. The Morgan fingerprint density at radius 1 is 1.33 bits per heavy atom. The van der Waals surface area contributed by atoms with Gasteiger partial charge in [-0.3, -0.25) is 9.59 Å².